The van der Waals surface area contributed by atoms with Crippen molar-refractivity contribution >= 4 is 47.0 Å². The molecule has 4 rings (SSSR count). The molecule has 2 unspecified atom stereocenters. The Balaban J connectivity index is 0.000000635. The van der Waals surface area contributed by atoms with Crippen LogP contribution in [-0.4, -0.2) is 86.3 Å². The van der Waals surface area contributed by atoms with Crippen LogP contribution in [0.25, 0.3) is 0 Å². The molecule has 0 aromatic heterocycles. The molecule has 678 valence electrons. The van der Waals surface area contributed by atoms with Crippen molar-refractivity contribution in [3.8, 4) is 0 Å². The fraction of sp³-hybridized carbons (Fsp3) is 0.560. The van der Waals surface area contributed by atoms with Crippen LogP contribution in [0.4, 0.5) is 0 Å². The fourth-order valence-corrected chi connectivity index (χ4v) is 16.6. The molecule has 4 aliphatic carbocycles. The molecule has 0 fully saturated rings. The molecule has 0 aromatic rings. The van der Waals surface area contributed by atoms with Gasteiger partial charge in [-0.3, -0.25) is 38.4 Å². The first-order valence-electron chi connectivity index (χ1n) is 46.7. The number of nitrogens with one attached hydrogen (secondary N) is 6. The lowest BCUT2D eigenvalue weighted by atomic mass is 9.72. The molecule has 4 aliphatic rings. The molecule has 0 radical (unpaired) electrons. The molecule has 14 heteroatoms. The molecular formula is C109H164N6O8. The Morgan fingerprint density at radius 1 is 0.325 bits per heavy atom. The van der Waals surface area contributed by atoms with E-state index in [9.17, 15) is 38.4 Å². The first-order chi connectivity index (χ1) is 58.4. The van der Waals surface area contributed by atoms with E-state index in [1.54, 1.807) is 24.3 Å². The number of rotatable bonds is 51. The number of hydrogen-bond acceptors (Lipinski definition) is 8. The Kier molecular flexibility index (Phi) is 52.5. The maximum Gasteiger partial charge on any atom is 0.244 e. The maximum atomic E-state index is 13.4. The van der Waals surface area contributed by atoms with E-state index in [1.807, 2.05) is 81.5 Å². The topological polar surface area (TPSA) is 209 Å². The van der Waals surface area contributed by atoms with Crippen molar-refractivity contribution in [3.05, 3.63) is 236 Å². The van der Waals surface area contributed by atoms with Gasteiger partial charge >= 0.3 is 0 Å². The van der Waals surface area contributed by atoms with Crippen LogP contribution in [0.3, 0.4) is 0 Å². The zero-order chi connectivity index (χ0) is 91.2. The van der Waals surface area contributed by atoms with Crippen LogP contribution in [0, 0.1) is 33.5 Å². The number of ketones is 2. The molecule has 0 bridgehead atoms. The van der Waals surface area contributed by atoms with E-state index in [0.29, 0.717) is 84.2 Å². The number of unbranched alkanes of at least 4 members (excludes halogenated alkanes) is 7. The maximum absolute atomic E-state index is 13.4. The zero-order valence-corrected chi connectivity index (χ0v) is 80.2. The summed E-state index contributed by atoms with van der Waals surface area (Å²) in [6.45, 7) is 46.4. The molecule has 6 amide bonds. The lowest BCUT2D eigenvalue weighted by Crippen LogP contribution is -2.33. The highest BCUT2D eigenvalue weighted by atomic mass is 16.2. The minimum atomic E-state index is -0.460. The summed E-state index contributed by atoms with van der Waals surface area (Å²) in [4.78, 5) is 101. The van der Waals surface area contributed by atoms with Gasteiger partial charge in [0, 0.05) is 89.4 Å². The third-order valence-corrected chi connectivity index (χ3v) is 24.0. The Morgan fingerprint density at radius 3 is 1.02 bits per heavy atom. The van der Waals surface area contributed by atoms with Gasteiger partial charge in [0.15, 0.2) is 11.6 Å². The second-order valence-corrected chi connectivity index (χ2v) is 37.6. The van der Waals surface area contributed by atoms with Crippen molar-refractivity contribution in [1.82, 2.24) is 31.9 Å². The van der Waals surface area contributed by atoms with E-state index in [2.05, 4.69) is 210 Å². The Bertz CT molecular complexity index is 4110. The molecule has 2 atom stereocenters. The van der Waals surface area contributed by atoms with Crippen LogP contribution >= 0.6 is 0 Å². The predicted molar refractivity (Wildman–Crippen MR) is 520 cm³/mol. The third kappa shape index (κ3) is 47.6. The average molecular weight is 1690 g/mol. The number of allylic oxidation sites excluding steroid dienone is 38. The monoisotopic (exact) mass is 1690 g/mol. The number of hydrogen-bond donors (Lipinski definition) is 6. The van der Waals surface area contributed by atoms with Crippen molar-refractivity contribution in [3.63, 3.8) is 0 Å². The van der Waals surface area contributed by atoms with E-state index < -0.39 is 11.8 Å². The molecule has 6 N–H and O–H groups in total. The largest absolute Gasteiger partial charge is 0.356 e. The Hall–Kier alpha value is -9.04. The second-order valence-electron chi connectivity index (χ2n) is 37.6. The quantitative estimate of drug-likeness (QED) is 0.0196. The normalized spacial score (nSPS) is 18.2. The van der Waals surface area contributed by atoms with E-state index >= 15 is 0 Å². The minimum absolute atomic E-state index is 0.0424. The van der Waals surface area contributed by atoms with Crippen LogP contribution in [-0.2, 0) is 38.4 Å². The van der Waals surface area contributed by atoms with Crippen LogP contribution in [0.5, 0.6) is 0 Å². The van der Waals surface area contributed by atoms with Crippen molar-refractivity contribution in [2.75, 3.05) is 39.3 Å². The van der Waals surface area contributed by atoms with Crippen LogP contribution in [0.1, 0.15) is 325 Å². The van der Waals surface area contributed by atoms with Crippen molar-refractivity contribution in [2.45, 2.75) is 325 Å². The molecule has 0 aliphatic heterocycles. The van der Waals surface area contributed by atoms with E-state index in [-0.39, 0.29) is 81.5 Å². The van der Waals surface area contributed by atoms with Gasteiger partial charge in [-0.2, -0.15) is 0 Å². The molecule has 123 heavy (non-hydrogen) atoms. The molecule has 0 saturated carbocycles. The summed E-state index contributed by atoms with van der Waals surface area (Å²) in [6.07, 6.45) is 77.6. The summed E-state index contributed by atoms with van der Waals surface area (Å²) in [5.41, 5.74) is 18.4. The van der Waals surface area contributed by atoms with Gasteiger partial charge in [0.25, 0.3) is 0 Å². The summed E-state index contributed by atoms with van der Waals surface area (Å²) in [7, 11) is 0. The third-order valence-electron chi connectivity index (χ3n) is 24.0. The van der Waals surface area contributed by atoms with Crippen molar-refractivity contribution in [2.24, 2.45) is 33.5 Å². The van der Waals surface area contributed by atoms with Crippen LogP contribution in [0.15, 0.2) is 236 Å². The predicted octanol–water partition coefficient (Wildman–Crippen LogP) is 25.1. The van der Waals surface area contributed by atoms with Gasteiger partial charge in [-0.15, -0.1) is 0 Å². The lowest BCUT2D eigenvalue weighted by molar-refractivity contribution is -0.128. The summed E-state index contributed by atoms with van der Waals surface area (Å²) in [6, 6.07) is 0. The van der Waals surface area contributed by atoms with Gasteiger partial charge in [-0.05, 0) is 290 Å². The zero-order valence-electron chi connectivity index (χ0n) is 80.2. The van der Waals surface area contributed by atoms with E-state index in [1.165, 1.54) is 122 Å². The van der Waals surface area contributed by atoms with E-state index in [4.69, 9.17) is 0 Å². The first kappa shape index (κ1) is 108. The Labute approximate surface area is 746 Å². The van der Waals surface area contributed by atoms with Gasteiger partial charge in [-0.1, -0.05) is 254 Å². The molecule has 14 nitrogen and oxygen atoms in total. The van der Waals surface area contributed by atoms with E-state index in [0.717, 1.165) is 97.6 Å². The average Bonchev–Trinajstić information content (AvgIpc) is 0.834. The van der Waals surface area contributed by atoms with Crippen LogP contribution < -0.4 is 31.9 Å². The second kappa shape index (κ2) is 59.7. The Morgan fingerprint density at radius 2 is 0.650 bits per heavy atom. The molecule has 0 heterocycles. The van der Waals surface area contributed by atoms with Crippen LogP contribution in [0.2, 0.25) is 0 Å². The highest BCUT2D eigenvalue weighted by Crippen LogP contribution is 2.44. The number of carbonyl (C=O) groups excluding carboxylic acids is 8. The fourth-order valence-electron chi connectivity index (χ4n) is 16.6. The smallest absolute Gasteiger partial charge is 0.244 e. The minimum Gasteiger partial charge on any atom is -0.356 e. The first-order valence-corrected chi connectivity index (χ1v) is 46.7. The standard InChI is InChI=1S/C55H83N3O4.C54H81N3O4/c1-10-11-32-51(60)56-38-20-16-21-40-58-53(62)47(42-48(59)41-44(3)27-23-26-43(2)34-35-50-46(5)29-25-37-55(50,8)9)30-19-22-39-57-52(61)33-18-15-13-12-14-17-31-49-45(4)28-24-36-54(49,6)7;1-40(28-30-49-44(5)25-19-32-53(49,8)9)21-17-23-42(3)37-48(59)39-47(52(61)57-36-15-12-14-34-55-46(7)58)27-13-16-35-56-51(60)38-43(4)24-18-22-41(2)29-31-50-45(6)26-20-33-54(50,10)11/h12-15,17-18,23,26-27,31,33-35,41,47H,10-11,16,19-22,24-25,28-30,32,36-40,42H2,1-9H3,(H,56,60)(H,57,61)(H,58,62);17-18,21-24,28-31,37-38,47H,12-16,19-20,25-27,32-36,39H2,1-11H3,(H,55,58)(H,56,60)(H,57,61)/b14-12+,15-13+,27-23+,31-17+,33-18+,35-34+,43-26+,44-41+;23-17+,24-18+,30-28+,31-29+,40-21+,41-22+,42-37+,43-38+. The highest BCUT2D eigenvalue weighted by molar-refractivity contribution is 5.95. The molecule has 0 aromatic carbocycles. The molecule has 0 saturated heterocycles. The van der Waals surface area contributed by atoms with Gasteiger partial charge in [0.05, 0.1) is 0 Å². The molecular weight excluding hydrogens is 1520 g/mol. The van der Waals surface area contributed by atoms with Gasteiger partial charge in [-0.25, -0.2) is 0 Å². The summed E-state index contributed by atoms with van der Waals surface area (Å²) in [5, 5.41) is 17.8. The summed E-state index contributed by atoms with van der Waals surface area (Å²) < 4.78 is 0. The summed E-state index contributed by atoms with van der Waals surface area (Å²) in [5.74, 6) is -1.57. The number of amides is 6. The van der Waals surface area contributed by atoms with Gasteiger partial charge < -0.3 is 31.9 Å². The van der Waals surface area contributed by atoms with Gasteiger partial charge in [0.2, 0.25) is 35.4 Å². The SMILES string of the molecule is CC(=O)NCCCCCNC(=O)C(CCCCNC(=O)/C=C(C)/C=C/C=C(C)/C=C/C1=C(C)CCCC1(C)C)CC(=O)/C=C(C)/C=C/C=C(C)/C=C/C1=C(C)CCCC1(C)C.CCCCC(=O)NCCCCCNC(=O)C(CCCCNC(=O)/C=C/C=C/C=C/C=C/C1=C(C)CCCC1(C)C)CC(=O)/C=C(C)/C=C/C=C(C)/C=C/C1=C(C)CCCC1(C)C. The van der Waals surface area contributed by atoms with Crippen molar-refractivity contribution < 1.29 is 38.4 Å². The lowest BCUT2D eigenvalue weighted by Gasteiger charge is -2.33. The van der Waals surface area contributed by atoms with Gasteiger partial charge in [0.1, 0.15) is 0 Å². The number of carbonyl (C=O) groups is 8. The highest BCUT2D eigenvalue weighted by Gasteiger charge is 2.31. The summed E-state index contributed by atoms with van der Waals surface area (Å²) >= 11 is 0. The van der Waals surface area contributed by atoms with Crippen molar-refractivity contribution in [1.29, 1.82) is 0 Å². The molecule has 0 spiro atoms.